The molecule has 0 saturated heterocycles. The monoisotopic (exact) mass is 486 g/mol. The van der Waals surface area contributed by atoms with Crippen molar-refractivity contribution in [2.24, 2.45) is 0 Å². The summed E-state index contributed by atoms with van der Waals surface area (Å²) in [5.74, 6) is -0.929. The molecule has 0 radical (unpaired) electrons. The molecule has 2 aromatic carbocycles. The van der Waals surface area contributed by atoms with Crippen LogP contribution in [0.2, 0.25) is 0 Å². The molecule has 0 unspecified atom stereocenters. The summed E-state index contributed by atoms with van der Waals surface area (Å²) in [6, 6.07) is 12.2. The van der Waals surface area contributed by atoms with Crippen molar-refractivity contribution < 1.29 is 28.2 Å². The average Bonchev–Trinajstić information content (AvgIpc) is 3.29. The largest absolute Gasteiger partial charge is 0.475 e. The van der Waals surface area contributed by atoms with Gasteiger partial charge in [-0.3, -0.25) is 4.79 Å². The van der Waals surface area contributed by atoms with E-state index in [2.05, 4.69) is 25.3 Å². The highest BCUT2D eigenvalue weighted by Gasteiger charge is 2.12. The summed E-state index contributed by atoms with van der Waals surface area (Å²) in [4.78, 5) is 35.9. The maximum atomic E-state index is 12.3. The number of aromatic amines is 1. The number of rotatable bonds is 5. The highest BCUT2D eigenvalue weighted by molar-refractivity contribution is 5.92. The van der Waals surface area contributed by atoms with E-state index in [1.807, 2.05) is 13.8 Å². The number of nitrogens with two attached hydrogens (primary N) is 1. The van der Waals surface area contributed by atoms with Gasteiger partial charge >= 0.3 is 5.97 Å². The number of halogens is 2. The Morgan fingerprint density at radius 1 is 1.11 bits per heavy atom. The molecule has 2 aromatic heterocycles. The van der Waals surface area contributed by atoms with Crippen molar-refractivity contribution in [1.29, 1.82) is 0 Å². The minimum atomic E-state index is -2.58. The predicted octanol–water partition coefficient (Wildman–Crippen LogP) is 4.44. The van der Waals surface area contributed by atoms with E-state index >= 15 is 0 Å². The third kappa shape index (κ3) is 7.45. The fourth-order valence-electron chi connectivity index (χ4n) is 2.61. The number of hydrogen-bond acceptors (Lipinski definition) is 7. The van der Waals surface area contributed by atoms with E-state index < -0.39 is 12.4 Å². The molecule has 1 amide bonds. The van der Waals surface area contributed by atoms with Gasteiger partial charge in [-0.15, -0.1) is 0 Å². The zero-order valence-corrected chi connectivity index (χ0v) is 19.1. The number of aromatic nitrogens is 4. The van der Waals surface area contributed by atoms with Crippen LogP contribution < -0.4 is 15.8 Å². The van der Waals surface area contributed by atoms with E-state index in [0.29, 0.717) is 22.5 Å². The lowest BCUT2D eigenvalue weighted by Crippen LogP contribution is -2.19. The number of amides is 1. The predicted molar refractivity (Wildman–Crippen MR) is 126 cm³/mol. The van der Waals surface area contributed by atoms with Crippen LogP contribution in [0, 0.1) is 0 Å². The number of carbonyl (C=O) groups is 2. The van der Waals surface area contributed by atoms with Crippen LogP contribution in [0.25, 0.3) is 11.0 Å². The maximum Gasteiger partial charge on any atom is 0.371 e. The highest BCUT2D eigenvalue weighted by atomic mass is 19.3. The Hall–Kier alpha value is -4.61. The van der Waals surface area contributed by atoms with E-state index in [0.717, 1.165) is 0 Å². The Labute approximate surface area is 199 Å². The molecule has 2 heterocycles. The topological polar surface area (TPSA) is 156 Å². The zero-order chi connectivity index (χ0) is 26.0. The third-order valence-electron chi connectivity index (χ3n) is 4.14. The standard InChI is InChI=1S/C12H12N4O2.C9H6F2N2O2.C2H6/c1-14-12(17)10-6-11(16-7-15-10)18-9-4-2-3-8(13)5-9;10-7(11)4-1-2-5-6(3-4)13-8(12-5)9(14)15;1-2/h2-7H,13H2,1H3,(H,14,17);1-3,7H,(H,12,13)(H,14,15);1-2H3. The van der Waals surface area contributed by atoms with Gasteiger partial charge in [-0.2, -0.15) is 0 Å². The number of carboxylic acid groups (broad SMARTS) is 1. The maximum absolute atomic E-state index is 12.3. The number of aromatic carboxylic acids is 1. The van der Waals surface area contributed by atoms with Gasteiger partial charge in [0.1, 0.15) is 17.8 Å². The molecule has 0 spiro atoms. The van der Waals surface area contributed by atoms with E-state index in [-0.39, 0.29) is 28.9 Å². The van der Waals surface area contributed by atoms with Crippen LogP contribution in [0.5, 0.6) is 11.6 Å². The SMILES string of the molecule is CC.CNC(=O)c1cc(Oc2cccc(N)c2)ncn1.O=C(O)c1nc2ccc(C(F)F)cc2[nH]1. The van der Waals surface area contributed by atoms with Crippen molar-refractivity contribution in [1.82, 2.24) is 25.3 Å². The molecule has 10 nitrogen and oxygen atoms in total. The van der Waals surface area contributed by atoms with Gasteiger partial charge in [0, 0.05) is 30.4 Å². The normalized spacial score (nSPS) is 10.0. The molecule has 0 aliphatic rings. The van der Waals surface area contributed by atoms with Gasteiger partial charge in [-0.25, -0.2) is 28.5 Å². The van der Waals surface area contributed by atoms with Crippen LogP contribution in [0.1, 0.15) is 46.9 Å². The molecule has 0 bridgehead atoms. The summed E-state index contributed by atoms with van der Waals surface area (Å²) in [6.45, 7) is 4.00. The lowest BCUT2D eigenvalue weighted by molar-refractivity contribution is 0.0685. The Morgan fingerprint density at radius 2 is 1.86 bits per heavy atom. The first kappa shape index (κ1) is 26.6. The number of nitrogen functional groups attached to an aromatic ring is 1. The lowest BCUT2D eigenvalue weighted by Gasteiger charge is -2.06. The molecule has 12 heteroatoms. The van der Waals surface area contributed by atoms with Gasteiger partial charge in [-0.05, 0) is 24.3 Å². The van der Waals surface area contributed by atoms with Gasteiger partial charge in [-0.1, -0.05) is 26.0 Å². The molecule has 184 valence electrons. The Kier molecular flexibility index (Phi) is 9.58. The second kappa shape index (κ2) is 12.6. The lowest BCUT2D eigenvalue weighted by atomic mass is 10.2. The quantitative estimate of drug-likeness (QED) is 0.302. The van der Waals surface area contributed by atoms with Gasteiger partial charge in [0.2, 0.25) is 11.7 Å². The van der Waals surface area contributed by atoms with Gasteiger partial charge in [0.15, 0.2) is 0 Å². The fraction of sp³-hybridized carbons (Fsp3) is 0.174. The fourth-order valence-corrected chi connectivity index (χ4v) is 2.61. The summed E-state index contributed by atoms with van der Waals surface area (Å²) < 4.78 is 30.1. The van der Waals surface area contributed by atoms with Crippen molar-refractivity contribution >= 4 is 28.6 Å². The molecule has 0 saturated carbocycles. The molecular formula is C23H24F2N6O4. The number of nitrogens with one attached hydrogen (secondary N) is 2. The van der Waals surface area contributed by atoms with Gasteiger partial charge < -0.3 is 25.9 Å². The molecule has 0 aliphatic heterocycles. The first-order valence-electron chi connectivity index (χ1n) is 10.4. The van der Waals surface area contributed by atoms with Crippen LogP contribution in [0.3, 0.4) is 0 Å². The van der Waals surface area contributed by atoms with Crippen molar-refractivity contribution in [2.45, 2.75) is 20.3 Å². The van der Waals surface area contributed by atoms with Crippen molar-refractivity contribution in [3.8, 4) is 11.6 Å². The second-order valence-corrected chi connectivity index (χ2v) is 6.46. The first-order chi connectivity index (χ1) is 16.8. The number of imidazole rings is 1. The molecule has 35 heavy (non-hydrogen) atoms. The molecular weight excluding hydrogens is 462 g/mol. The Morgan fingerprint density at radius 3 is 2.49 bits per heavy atom. The minimum absolute atomic E-state index is 0.164. The molecule has 0 fully saturated rings. The molecule has 0 aliphatic carbocycles. The van der Waals surface area contributed by atoms with Gasteiger partial charge in [0.25, 0.3) is 12.3 Å². The van der Waals surface area contributed by atoms with Crippen molar-refractivity contribution in [3.63, 3.8) is 0 Å². The number of fused-ring (bicyclic) bond motifs is 1. The van der Waals surface area contributed by atoms with Crippen LogP contribution in [-0.2, 0) is 0 Å². The Balaban J connectivity index is 0.000000234. The number of ether oxygens (including phenoxy) is 1. The summed E-state index contributed by atoms with van der Waals surface area (Å²) in [5, 5.41) is 11.1. The molecule has 0 atom stereocenters. The van der Waals surface area contributed by atoms with Crippen LogP contribution in [-0.4, -0.2) is 44.0 Å². The summed E-state index contributed by atoms with van der Waals surface area (Å²) in [7, 11) is 1.53. The van der Waals surface area contributed by atoms with E-state index in [1.54, 1.807) is 24.3 Å². The summed E-state index contributed by atoms with van der Waals surface area (Å²) >= 11 is 0. The summed E-state index contributed by atoms with van der Waals surface area (Å²) in [5.41, 5.74) is 6.96. The number of benzene rings is 2. The second-order valence-electron chi connectivity index (χ2n) is 6.46. The average molecular weight is 486 g/mol. The molecule has 4 rings (SSSR count). The zero-order valence-electron chi connectivity index (χ0n) is 19.1. The smallest absolute Gasteiger partial charge is 0.371 e. The molecule has 4 aromatic rings. The number of carbonyl (C=O) groups excluding carboxylic acids is 1. The number of nitrogens with zero attached hydrogens (tertiary/aromatic N) is 3. The van der Waals surface area contributed by atoms with E-state index in [4.69, 9.17) is 15.6 Å². The van der Waals surface area contributed by atoms with Crippen LogP contribution in [0.15, 0.2) is 54.9 Å². The molecule has 5 N–H and O–H groups in total. The number of carboxylic acids is 1. The van der Waals surface area contributed by atoms with Crippen molar-refractivity contribution in [2.75, 3.05) is 12.8 Å². The summed E-state index contributed by atoms with van der Waals surface area (Å²) in [6.07, 6.45) is -1.31. The number of anilines is 1. The number of H-pyrrole nitrogens is 1. The third-order valence-corrected chi connectivity index (χ3v) is 4.14. The van der Waals surface area contributed by atoms with E-state index in [1.165, 1.54) is 37.6 Å². The highest BCUT2D eigenvalue weighted by Crippen LogP contribution is 2.23. The minimum Gasteiger partial charge on any atom is -0.475 e. The number of hydrogen-bond donors (Lipinski definition) is 4. The van der Waals surface area contributed by atoms with Crippen molar-refractivity contribution in [3.05, 3.63) is 71.9 Å². The van der Waals surface area contributed by atoms with Crippen LogP contribution >= 0.6 is 0 Å². The van der Waals surface area contributed by atoms with E-state index in [9.17, 15) is 18.4 Å². The Bertz CT molecular complexity index is 1300. The van der Waals surface area contributed by atoms with Crippen LogP contribution in [0.4, 0.5) is 14.5 Å². The number of alkyl halides is 2. The first-order valence-corrected chi connectivity index (χ1v) is 10.4. The van der Waals surface area contributed by atoms with Gasteiger partial charge in [0.05, 0.1) is 11.0 Å².